The number of likely N-dealkylation sites (tertiary alicyclic amines) is 1. The summed E-state index contributed by atoms with van der Waals surface area (Å²) in [5, 5.41) is 3.57. The van der Waals surface area contributed by atoms with Gasteiger partial charge < -0.3 is 10.6 Å². The number of nitrogens with zero attached hydrogens (tertiary/aromatic N) is 3. The van der Waals surface area contributed by atoms with Crippen LogP contribution in [-0.4, -0.2) is 39.7 Å². The van der Waals surface area contributed by atoms with E-state index in [4.69, 9.17) is 5.73 Å². The van der Waals surface area contributed by atoms with Gasteiger partial charge in [0.05, 0.1) is 12.1 Å². The highest BCUT2D eigenvalue weighted by molar-refractivity contribution is 5.81. The average molecular weight is 290 g/mol. The molecule has 20 heavy (non-hydrogen) atoms. The number of rotatable bonds is 2. The van der Waals surface area contributed by atoms with Crippen molar-refractivity contribution in [2.24, 2.45) is 5.73 Å². The molecular formula is C12H17F3N4O. The van der Waals surface area contributed by atoms with Crippen LogP contribution in [0, 0.1) is 0 Å². The molecule has 2 rings (SSSR count). The van der Waals surface area contributed by atoms with Crippen LogP contribution in [0.15, 0.2) is 12.3 Å². The lowest BCUT2D eigenvalue weighted by atomic mass is 10.0. The molecule has 1 aliphatic rings. The minimum absolute atomic E-state index is 0.108. The number of nitrogens with two attached hydrogens (primary N) is 1. The normalized spacial score (nSPS) is 19.1. The van der Waals surface area contributed by atoms with E-state index in [1.165, 1.54) is 10.9 Å². The topological polar surface area (TPSA) is 64.2 Å². The fraction of sp³-hybridized carbons (Fsp3) is 0.667. The smallest absolute Gasteiger partial charge is 0.341 e. The summed E-state index contributed by atoms with van der Waals surface area (Å²) in [7, 11) is 0. The second kappa shape index (κ2) is 5.43. The number of piperidine rings is 1. The molecule has 0 bridgehead atoms. The van der Waals surface area contributed by atoms with Crippen molar-refractivity contribution in [1.82, 2.24) is 14.7 Å². The van der Waals surface area contributed by atoms with Crippen LogP contribution in [0.2, 0.25) is 0 Å². The highest BCUT2D eigenvalue weighted by Gasteiger charge is 2.34. The average Bonchev–Trinajstić information content (AvgIpc) is 2.87. The maximum Gasteiger partial charge on any atom is 0.435 e. The van der Waals surface area contributed by atoms with E-state index in [0.29, 0.717) is 25.9 Å². The molecule has 0 aliphatic carbocycles. The molecule has 1 amide bonds. The van der Waals surface area contributed by atoms with E-state index < -0.39 is 17.9 Å². The summed E-state index contributed by atoms with van der Waals surface area (Å²) >= 11 is 0. The number of hydrogen-bond donors (Lipinski definition) is 1. The molecular weight excluding hydrogens is 273 g/mol. The first-order chi connectivity index (χ1) is 9.29. The van der Waals surface area contributed by atoms with E-state index in [9.17, 15) is 18.0 Å². The molecule has 112 valence electrons. The summed E-state index contributed by atoms with van der Waals surface area (Å²) in [6, 6.07) is 0.316. The van der Waals surface area contributed by atoms with Gasteiger partial charge in [0.25, 0.3) is 0 Å². The number of carbonyl (C=O) groups excluding carboxylic acids is 1. The van der Waals surface area contributed by atoms with Crippen LogP contribution in [-0.2, 0) is 11.0 Å². The van der Waals surface area contributed by atoms with Crippen molar-refractivity contribution in [1.29, 1.82) is 0 Å². The molecule has 1 aromatic heterocycles. The van der Waals surface area contributed by atoms with Crippen LogP contribution in [0.25, 0.3) is 0 Å². The standard InChI is InChI=1S/C12H17F3N4O/c1-8(16)11(20)18-5-2-9(3-6-18)19-7-4-10(17-19)12(13,14)15/h4,7-9H,2-3,5-6,16H2,1H3/t8-/m1/s1. The fourth-order valence-corrected chi connectivity index (χ4v) is 2.33. The van der Waals surface area contributed by atoms with Gasteiger partial charge >= 0.3 is 6.18 Å². The first kappa shape index (κ1) is 14.8. The van der Waals surface area contributed by atoms with Crippen molar-refractivity contribution in [3.05, 3.63) is 18.0 Å². The Balaban J connectivity index is 1.97. The number of halogens is 3. The van der Waals surface area contributed by atoms with Crippen LogP contribution < -0.4 is 5.73 Å². The Morgan fingerprint density at radius 1 is 1.45 bits per heavy atom. The van der Waals surface area contributed by atoms with Crippen LogP contribution in [0.1, 0.15) is 31.5 Å². The van der Waals surface area contributed by atoms with E-state index in [1.807, 2.05) is 0 Å². The molecule has 1 atom stereocenters. The third-order valence-electron chi connectivity index (χ3n) is 3.44. The highest BCUT2D eigenvalue weighted by atomic mass is 19.4. The summed E-state index contributed by atoms with van der Waals surface area (Å²) < 4.78 is 38.8. The lowest BCUT2D eigenvalue weighted by Crippen LogP contribution is -2.46. The Labute approximate surface area is 114 Å². The summed E-state index contributed by atoms with van der Waals surface area (Å²) in [4.78, 5) is 13.4. The Morgan fingerprint density at radius 2 is 2.05 bits per heavy atom. The predicted octanol–water partition coefficient (Wildman–Crippen LogP) is 1.41. The zero-order valence-electron chi connectivity index (χ0n) is 11.1. The van der Waals surface area contributed by atoms with Gasteiger partial charge in [-0.2, -0.15) is 18.3 Å². The Hall–Kier alpha value is -1.57. The summed E-state index contributed by atoms with van der Waals surface area (Å²) in [6.07, 6.45) is -1.91. The molecule has 0 aromatic carbocycles. The highest BCUT2D eigenvalue weighted by Crippen LogP contribution is 2.29. The largest absolute Gasteiger partial charge is 0.435 e. The third-order valence-corrected chi connectivity index (χ3v) is 3.44. The second-order valence-corrected chi connectivity index (χ2v) is 5.02. The van der Waals surface area contributed by atoms with E-state index in [-0.39, 0.29) is 11.9 Å². The molecule has 2 heterocycles. The van der Waals surface area contributed by atoms with Gasteiger partial charge in [0.1, 0.15) is 0 Å². The number of hydrogen-bond acceptors (Lipinski definition) is 3. The van der Waals surface area contributed by atoms with Gasteiger partial charge in [-0.25, -0.2) is 0 Å². The second-order valence-electron chi connectivity index (χ2n) is 5.02. The van der Waals surface area contributed by atoms with Gasteiger partial charge in [0.15, 0.2) is 5.69 Å². The van der Waals surface area contributed by atoms with Crippen molar-refractivity contribution in [3.8, 4) is 0 Å². The summed E-state index contributed by atoms with van der Waals surface area (Å²) in [5.74, 6) is -0.125. The van der Waals surface area contributed by atoms with Gasteiger partial charge in [0.2, 0.25) is 5.91 Å². The first-order valence-corrected chi connectivity index (χ1v) is 6.46. The molecule has 5 nitrogen and oxygen atoms in total. The van der Waals surface area contributed by atoms with Crippen LogP contribution in [0.4, 0.5) is 13.2 Å². The van der Waals surface area contributed by atoms with E-state index in [1.54, 1.807) is 11.8 Å². The lowest BCUT2D eigenvalue weighted by molar-refractivity contribution is -0.141. The predicted molar refractivity (Wildman–Crippen MR) is 65.7 cm³/mol. The number of aromatic nitrogens is 2. The third kappa shape index (κ3) is 3.12. The fourth-order valence-electron chi connectivity index (χ4n) is 2.33. The minimum atomic E-state index is -4.42. The van der Waals surface area contributed by atoms with Gasteiger partial charge in [-0.1, -0.05) is 0 Å². The van der Waals surface area contributed by atoms with Crippen LogP contribution >= 0.6 is 0 Å². The maximum absolute atomic E-state index is 12.5. The maximum atomic E-state index is 12.5. The number of amides is 1. The van der Waals surface area contributed by atoms with Crippen molar-refractivity contribution in [2.75, 3.05) is 13.1 Å². The van der Waals surface area contributed by atoms with Crippen molar-refractivity contribution < 1.29 is 18.0 Å². The van der Waals surface area contributed by atoms with Gasteiger partial charge in [-0.3, -0.25) is 9.48 Å². The molecule has 0 radical (unpaired) electrons. The quantitative estimate of drug-likeness (QED) is 0.895. The molecule has 1 aliphatic heterocycles. The Morgan fingerprint density at radius 3 is 2.50 bits per heavy atom. The van der Waals surface area contributed by atoms with Crippen LogP contribution in [0.3, 0.4) is 0 Å². The van der Waals surface area contributed by atoms with Gasteiger partial charge in [0, 0.05) is 19.3 Å². The van der Waals surface area contributed by atoms with Gasteiger partial charge in [-0.05, 0) is 25.8 Å². The molecule has 1 fully saturated rings. The monoisotopic (exact) mass is 290 g/mol. The molecule has 0 saturated carbocycles. The van der Waals surface area contributed by atoms with E-state index in [2.05, 4.69) is 5.10 Å². The summed E-state index contributed by atoms with van der Waals surface area (Å²) in [6.45, 7) is 2.61. The first-order valence-electron chi connectivity index (χ1n) is 6.46. The summed E-state index contributed by atoms with van der Waals surface area (Å²) in [5.41, 5.74) is 4.65. The van der Waals surface area contributed by atoms with E-state index >= 15 is 0 Å². The van der Waals surface area contributed by atoms with E-state index in [0.717, 1.165) is 6.07 Å². The lowest BCUT2D eigenvalue weighted by Gasteiger charge is -2.33. The van der Waals surface area contributed by atoms with Gasteiger partial charge in [-0.15, -0.1) is 0 Å². The Bertz CT molecular complexity index is 475. The minimum Gasteiger partial charge on any atom is -0.341 e. The Kier molecular flexibility index (Phi) is 4.03. The molecule has 0 unspecified atom stereocenters. The number of alkyl halides is 3. The molecule has 1 aromatic rings. The molecule has 8 heteroatoms. The zero-order valence-corrected chi connectivity index (χ0v) is 11.1. The zero-order chi connectivity index (χ0) is 14.9. The molecule has 2 N–H and O–H groups in total. The van der Waals surface area contributed by atoms with Crippen molar-refractivity contribution in [3.63, 3.8) is 0 Å². The molecule has 0 spiro atoms. The SMILES string of the molecule is C[C@@H](N)C(=O)N1CCC(n2ccc(C(F)(F)F)n2)CC1. The number of carbonyl (C=O) groups is 1. The van der Waals surface area contributed by atoms with Crippen molar-refractivity contribution >= 4 is 5.91 Å². The molecule has 1 saturated heterocycles. The van der Waals surface area contributed by atoms with Crippen molar-refractivity contribution in [2.45, 2.75) is 38.0 Å². The van der Waals surface area contributed by atoms with Crippen LogP contribution in [0.5, 0.6) is 0 Å².